The molecule has 1 aromatic heterocycles. The molecule has 0 aliphatic rings. The van der Waals surface area contributed by atoms with E-state index in [2.05, 4.69) is 21.7 Å². The van der Waals surface area contributed by atoms with Crippen molar-refractivity contribution >= 4 is 40.4 Å². The molecule has 136 valence electrons. The third-order valence-corrected chi connectivity index (χ3v) is 4.98. The standard InChI is InChI=1S/C18H22Cl2N2O2S/c1-22(2)16(13-7-9-25-12-13)11-21-18(23)4-3-8-24-17-6-5-14(19)10-15(17)20/h5-7,9-10,12,16H,3-4,8,11H2,1-2H3,(H,21,23). The lowest BCUT2D eigenvalue weighted by Crippen LogP contribution is -2.34. The summed E-state index contributed by atoms with van der Waals surface area (Å²) in [5.74, 6) is 0.601. The lowest BCUT2D eigenvalue weighted by molar-refractivity contribution is -0.121. The molecule has 1 unspecified atom stereocenters. The highest BCUT2D eigenvalue weighted by atomic mass is 35.5. The Morgan fingerprint density at radius 3 is 2.76 bits per heavy atom. The van der Waals surface area contributed by atoms with Crippen molar-refractivity contribution in [3.05, 3.63) is 50.6 Å². The summed E-state index contributed by atoms with van der Waals surface area (Å²) in [6.45, 7) is 1.02. The van der Waals surface area contributed by atoms with Gasteiger partial charge in [0.25, 0.3) is 0 Å². The summed E-state index contributed by atoms with van der Waals surface area (Å²) in [5.41, 5.74) is 1.22. The molecule has 0 aliphatic heterocycles. The van der Waals surface area contributed by atoms with Crippen LogP contribution >= 0.6 is 34.5 Å². The van der Waals surface area contributed by atoms with Crippen LogP contribution in [0.3, 0.4) is 0 Å². The molecule has 1 atom stereocenters. The number of nitrogens with one attached hydrogen (secondary N) is 1. The van der Waals surface area contributed by atoms with Gasteiger partial charge in [-0.3, -0.25) is 4.79 Å². The van der Waals surface area contributed by atoms with E-state index >= 15 is 0 Å². The van der Waals surface area contributed by atoms with Crippen molar-refractivity contribution in [3.8, 4) is 5.75 Å². The lowest BCUT2D eigenvalue weighted by Gasteiger charge is -2.24. The molecular formula is C18H22Cl2N2O2S. The summed E-state index contributed by atoms with van der Waals surface area (Å²) in [6, 6.07) is 7.36. The maximum Gasteiger partial charge on any atom is 0.220 e. The van der Waals surface area contributed by atoms with E-state index < -0.39 is 0 Å². The zero-order valence-electron chi connectivity index (χ0n) is 14.3. The van der Waals surface area contributed by atoms with Gasteiger partial charge in [0, 0.05) is 18.0 Å². The molecule has 0 bridgehead atoms. The summed E-state index contributed by atoms with van der Waals surface area (Å²) >= 11 is 13.5. The van der Waals surface area contributed by atoms with Crippen molar-refractivity contribution in [2.24, 2.45) is 0 Å². The fourth-order valence-electron chi connectivity index (χ4n) is 2.37. The first kappa shape index (κ1) is 20.0. The third-order valence-electron chi connectivity index (χ3n) is 3.74. The predicted molar refractivity (Wildman–Crippen MR) is 105 cm³/mol. The minimum atomic E-state index is 0.0212. The van der Waals surface area contributed by atoms with Crippen molar-refractivity contribution < 1.29 is 9.53 Å². The Labute approximate surface area is 162 Å². The molecule has 1 aromatic carbocycles. The monoisotopic (exact) mass is 400 g/mol. The van der Waals surface area contributed by atoms with Crippen molar-refractivity contribution in [1.29, 1.82) is 0 Å². The van der Waals surface area contributed by atoms with Crippen molar-refractivity contribution in [3.63, 3.8) is 0 Å². The maximum absolute atomic E-state index is 12.0. The first-order chi connectivity index (χ1) is 12.0. The van der Waals surface area contributed by atoms with Crippen LogP contribution in [-0.2, 0) is 4.79 Å². The minimum Gasteiger partial charge on any atom is -0.492 e. The number of hydrogen-bond donors (Lipinski definition) is 1. The van der Waals surface area contributed by atoms with Gasteiger partial charge in [-0.2, -0.15) is 11.3 Å². The van der Waals surface area contributed by atoms with Crippen LogP contribution in [0.15, 0.2) is 35.0 Å². The normalized spacial score (nSPS) is 12.2. The Balaban J connectivity index is 1.70. The largest absolute Gasteiger partial charge is 0.492 e. The van der Waals surface area contributed by atoms with E-state index in [9.17, 15) is 4.79 Å². The number of carbonyl (C=O) groups excluding carboxylic acids is 1. The van der Waals surface area contributed by atoms with E-state index in [0.29, 0.717) is 41.8 Å². The Hall–Kier alpha value is -1.27. The van der Waals surface area contributed by atoms with Crippen LogP contribution in [0.4, 0.5) is 0 Å². The average molecular weight is 401 g/mol. The fourth-order valence-corrected chi connectivity index (χ4v) is 3.54. The Morgan fingerprint density at radius 2 is 2.12 bits per heavy atom. The molecule has 25 heavy (non-hydrogen) atoms. The van der Waals surface area contributed by atoms with Crippen LogP contribution in [0.5, 0.6) is 5.75 Å². The number of ether oxygens (including phenoxy) is 1. The summed E-state index contributed by atoms with van der Waals surface area (Å²) in [5, 5.41) is 8.20. The molecule has 7 heteroatoms. The SMILES string of the molecule is CN(C)C(CNC(=O)CCCOc1ccc(Cl)cc1Cl)c1ccsc1. The average Bonchev–Trinajstić information content (AvgIpc) is 3.07. The van der Waals surface area contributed by atoms with Gasteiger partial charge in [-0.1, -0.05) is 23.2 Å². The van der Waals surface area contributed by atoms with E-state index in [0.717, 1.165) is 0 Å². The number of likely N-dealkylation sites (N-methyl/N-ethyl adjacent to an activating group) is 1. The topological polar surface area (TPSA) is 41.6 Å². The van der Waals surface area contributed by atoms with Crippen LogP contribution in [-0.4, -0.2) is 38.1 Å². The number of thiophene rings is 1. The molecule has 4 nitrogen and oxygen atoms in total. The van der Waals surface area contributed by atoms with Gasteiger partial charge in [0.05, 0.1) is 17.7 Å². The molecule has 1 N–H and O–H groups in total. The lowest BCUT2D eigenvalue weighted by atomic mass is 10.1. The van der Waals surface area contributed by atoms with Gasteiger partial charge in [0.1, 0.15) is 5.75 Å². The highest BCUT2D eigenvalue weighted by Crippen LogP contribution is 2.27. The quantitative estimate of drug-likeness (QED) is 0.623. The second kappa shape index (κ2) is 10.0. The van der Waals surface area contributed by atoms with E-state index in [1.54, 1.807) is 29.5 Å². The summed E-state index contributed by atoms with van der Waals surface area (Å²) < 4.78 is 5.59. The van der Waals surface area contributed by atoms with E-state index in [1.807, 2.05) is 19.5 Å². The molecule has 0 saturated heterocycles. The molecule has 2 rings (SSSR count). The number of nitrogens with zero attached hydrogens (tertiary/aromatic N) is 1. The van der Waals surface area contributed by atoms with Gasteiger partial charge < -0.3 is 15.0 Å². The smallest absolute Gasteiger partial charge is 0.220 e. The molecule has 2 aromatic rings. The third kappa shape index (κ3) is 6.51. The van der Waals surface area contributed by atoms with Crippen molar-refractivity contribution in [2.45, 2.75) is 18.9 Å². The van der Waals surface area contributed by atoms with Gasteiger partial charge in [-0.15, -0.1) is 0 Å². The highest BCUT2D eigenvalue weighted by Gasteiger charge is 2.15. The predicted octanol–water partition coefficient (Wildman–Crippen LogP) is 4.63. The molecule has 0 aliphatic carbocycles. The van der Waals surface area contributed by atoms with Crippen LogP contribution < -0.4 is 10.1 Å². The summed E-state index contributed by atoms with van der Waals surface area (Å²) in [7, 11) is 4.02. The zero-order chi connectivity index (χ0) is 18.2. The zero-order valence-corrected chi connectivity index (χ0v) is 16.6. The van der Waals surface area contributed by atoms with Crippen molar-refractivity contribution in [1.82, 2.24) is 10.2 Å². The van der Waals surface area contributed by atoms with Gasteiger partial charge >= 0.3 is 0 Å². The number of rotatable bonds is 9. The molecule has 0 saturated carbocycles. The molecule has 1 heterocycles. The van der Waals surface area contributed by atoms with Crippen LogP contribution in [0.2, 0.25) is 10.0 Å². The number of halogens is 2. The number of benzene rings is 1. The van der Waals surface area contributed by atoms with E-state index in [-0.39, 0.29) is 11.9 Å². The number of carbonyl (C=O) groups is 1. The first-order valence-corrected chi connectivity index (χ1v) is 9.70. The molecule has 0 fully saturated rings. The number of amides is 1. The van der Waals surface area contributed by atoms with Gasteiger partial charge in [-0.25, -0.2) is 0 Å². The van der Waals surface area contributed by atoms with Crippen LogP contribution in [0.25, 0.3) is 0 Å². The fraction of sp³-hybridized carbons (Fsp3) is 0.389. The minimum absolute atomic E-state index is 0.0212. The Bertz CT molecular complexity index is 678. The van der Waals surface area contributed by atoms with Gasteiger partial charge in [-0.05, 0) is 61.1 Å². The van der Waals surface area contributed by atoms with E-state index in [4.69, 9.17) is 27.9 Å². The molecule has 0 radical (unpaired) electrons. The highest BCUT2D eigenvalue weighted by molar-refractivity contribution is 7.07. The van der Waals surface area contributed by atoms with E-state index in [1.165, 1.54) is 5.56 Å². The van der Waals surface area contributed by atoms with Crippen LogP contribution in [0, 0.1) is 0 Å². The second-order valence-corrected chi connectivity index (χ2v) is 7.49. The van der Waals surface area contributed by atoms with Crippen molar-refractivity contribution in [2.75, 3.05) is 27.2 Å². The Morgan fingerprint density at radius 1 is 1.32 bits per heavy atom. The summed E-state index contributed by atoms with van der Waals surface area (Å²) in [4.78, 5) is 14.1. The van der Waals surface area contributed by atoms with Gasteiger partial charge in [0.15, 0.2) is 0 Å². The molecule has 0 spiro atoms. The number of hydrogen-bond acceptors (Lipinski definition) is 4. The summed E-state index contributed by atoms with van der Waals surface area (Å²) in [6.07, 6.45) is 1.03. The van der Waals surface area contributed by atoms with Crippen LogP contribution in [0.1, 0.15) is 24.4 Å². The first-order valence-electron chi connectivity index (χ1n) is 8.00. The maximum atomic E-state index is 12.0. The molecular weight excluding hydrogens is 379 g/mol. The Kier molecular flexibility index (Phi) is 8.03. The van der Waals surface area contributed by atoms with Gasteiger partial charge in [0.2, 0.25) is 5.91 Å². The second-order valence-electron chi connectivity index (χ2n) is 5.87. The molecule has 1 amide bonds.